The van der Waals surface area contributed by atoms with Gasteiger partial charge in [0.2, 0.25) is 15.9 Å². The van der Waals surface area contributed by atoms with Gasteiger partial charge < -0.3 is 5.32 Å². The van der Waals surface area contributed by atoms with Crippen LogP contribution in [0.4, 0.5) is 0 Å². The summed E-state index contributed by atoms with van der Waals surface area (Å²) in [5.41, 5.74) is 0.366. The summed E-state index contributed by atoms with van der Waals surface area (Å²) < 4.78 is 23.8. The first-order chi connectivity index (χ1) is 8.98. The van der Waals surface area contributed by atoms with E-state index >= 15 is 0 Å². The van der Waals surface area contributed by atoms with Gasteiger partial charge in [0, 0.05) is 13.1 Å². The lowest BCUT2D eigenvalue weighted by molar-refractivity contribution is -0.122. The molecule has 0 spiro atoms. The molecule has 20 heavy (non-hydrogen) atoms. The molecule has 3 atom stereocenters. The third kappa shape index (κ3) is 2.37. The Morgan fingerprint density at radius 1 is 1.35 bits per heavy atom. The smallest absolute Gasteiger partial charge is 0.235 e. The van der Waals surface area contributed by atoms with Crippen molar-refractivity contribution < 1.29 is 13.2 Å². The van der Waals surface area contributed by atoms with E-state index < -0.39 is 10.0 Å². The molecule has 0 radical (unpaired) electrons. The molecule has 2 fully saturated rings. The second-order valence-electron chi connectivity index (χ2n) is 7.25. The Kier molecular flexibility index (Phi) is 3.70. The first-order valence-corrected chi connectivity index (χ1v) is 9.04. The van der Waals surface area contributed by atoms with Crippen LogP contribution in [0.15, 0.2) is 0 Å². The van der Waals surface area contributed by atoms with Crippen molar-refractivity contribution in [3.05, 3.63) is 0 Å². The highest BCUT2D eigenvalue weighted by atomic mass is 32.2. The molecule has 0 saturated heterocycles. The molecule has 1 N–H and O–H groups in total. The maximum atomic E-state index is 12.1. The van der Waals surface area contributed by atoms with Crippen molar-refractivity contribution in [1.82, 2.24) is 9.62 Å². The number of carbonyl (C=O) groups excluding carboxylic acids is 1. The number of nitrogens with zero attached hydrogens (tertiary/aromatic N) is 1. The molecule has 6 heteroatoms. The SMILES string of the molecule is CN(CC(=O)N[C@H]1C[C@H]2CC[C@@]1(C)C2(C)C)S(C)(=O)=O. The van der Waals surface area contributed by atoms with Crippen LogP contribution in [0.2, 0.25) is 0 Å². The molecule has 0 aromatic rings. The van der Waals surface area contributed by atoms with Crippen molar-refractivity contribution in [3.63, 3.8) is 0 Å². The van der Waals surface area contributed by atoms with Gasteiger partial charge in [0.05, 0.1) is 12.8 Å². The Morgan fingerprint density at radius 3 is 2.35 bits per heavy atom. The summed E-state index contributed by atoms with van der Waals surface area (Å²) >= 11 is 0. The second kappa shape index (κ2) is 4.70. The number of rotatable bonds is 4. The molecule has 0 aliphatic heterocycles. The molecule has 2 saturated carbocycles. The summed E-state index contributed by atoms with van der Waals surface area (Å²) in [5, 5.41) is 3.06. The third-order valence-electron chi connectivity index (χ3n) is 6.06. The number of hydrogen-bond acceptors (Lipinski definition) is 3. The van der Waals surface area contributed by atoms with Crippen molar-refractivity contribution in [2.24, 2.45) is 16.7 Å². The van der Waals surface area contributed by atoms with Gasteiger partial charge in [-0.3, -0.25) is 4.79 Å². The lowest BCUT2D eigenvalue weighted by Gasteiger charge is -2.39. The molecule has 0 heterocycles. The molecule has 5 nitrogen and oxygen atoms in total. The highest BCUT2D eigenvalue weighted by molar-refractivity contribution is 7.88. The standard InChI is InChI=1S/C14H26N2O3S/c1-13(2)10-6-7-14(13,3)11(8-10)15-12(17)9-16(4)20(5,18)19/h10-11H,6-9H2,1-5H3,(H,15,17)/t10-,11+,14-/m1/s1. The Labute approximate surface area is 122 Å². The molecule has 2 bridgehead atoms. The fraction of sp³-hybridized carbons (Fsp3) is 0.929. The van der Waals surface area contributed by atoms with Crippen molar-refractivity contribution >= 4 is 15.9 Å². The van der Waals surface area contributed by atoms with E-state index in [1.807, 2.05) is 0 Å². The number of likely N-dealkylation sites (N-methyl/N-ethyl adjacent to an activating group) is 1. The summed E-state index contributed by atoms with van der Waals surface area (Å²) in [6.45, 7) is 6.74. The zero-order chi connectivity index (χ0) is 15.3. The molecule has 1 amide bonds. The summed E-state index contributed by atoms with van der Waals surface area (Å²) in [7, 11) is -1.88. The van der Waals surface area contributed by atoms with E-state index in [0.717, 1.165) is 23.4 Å². The van der Waals surface area contributed by atoms with Gasteiger partial charge in [-0.1, -0.05) is 20.8 Å². The maximum Gasteiger partial charge on any atom is 0.235 e. The Bertz CT molecular complexity index is 515. The fourth-order valence-electron chi connectivity index (χ4n) is 3.98. The molecule has 0 aromatic carbocycles. The van der Waals surface area contributed by atoms with Crippen molar-refractivity contribution in [1.29, 1.82) is 0 Å². The van der Waals surface area contributed by atoms with Gasteiger partial charge in [-0.05, 0) is 36.0 Å². The number of fused-ring (bicyclic) bond motifs is 2. The zero-order valence-electron chi connectivity index (χ0n) is 13.1. The summed E-state index contributed by atoms with van der Waals surface area (Å²) in [4.78, 5) is 12.1. The van der Waals surface area contributed by atoms with Crippen LogP contribution in [0.5, 0.6) is 0 Å². The van der Waals surface area contributed by atoms with Gasteiger partial charge in [-0.25, -0.2) is 8.42 Å². The van der Waals surface area contributed by atoms with E-state index in [4.69, 9.17) is 0 Å². The van der Waals surface area contributed by atoms with Gasteiger partial charge in [-0.15, -0.1) is 0 Å². The van der Waals surface area contributed by atoms with Crippen LogP contribution in [0.25, 0.3) is 0 Å². The van der Waals surface area contributed by atoms with Crippen LogP contribution in [0.1, 0.15) is 40.0 Å². The largest absolute Gasteiger partial charge is 0.352 e. The average molecular weight is 302 g/mol. The minimum atomic E-state index is -3.31. The van der Waals surface area contributed by atoms with Crippen LogP contribution in [-0.4, -0.2) is 44.5 Å². The van der Waals surface area contributed by atoms with Crippen molar-refractivity contribution in [3.8, 4) is 0 Å². The van der Waals surface area contributed by atoms with Gasteiger partial charge >= 0.3 is 0 Å². The van der Waals surface area contributed by atoms with Crippen LogP contribution in [0, 0.1) is 16.7 Å². The van der Waals surface area contributed by atoms with E-state index in [0.29, 0.717) is 5.92 Å². The second-order valence-corrected chi connectivity index (χ2v) is 9.34. The fourth-order valence-corrected chi connectivity index (χ4v) is 4.33. The minimum absolute atomic E-state index is 0.101. The van der Waals surface area contributed by atoms with Gasteiger partial charge in [-0.2, -0.15) is 4.31 Å². The van der Waals surface area contributed by atoms with Gasteiger partial charge in [0.15, 0.2) is 0 Å². The first-order valence-electron chi connectivity index (χ1n) is 7.19. The highest BCUT2D eigenvalue weighted by Crippen LogP contribution is 2.65. The number of hydrogen-bond donors (Lipinski definition) is 1. The topological polar surface area (TPSA) is 66.5 Å². The van der Waals surface area contributed by atoms with E-state index in [1.54, 1.807) is 0 Å². The maximum absolute atomic E-state index is 12.1. The monoisotopic (exact) mass is 302 g/mol. The number of carbonyl (C=O) groups is 1. The number of amides is 1. The number of sulfonamides is 1. The molecule has 2 rings (SSSR count). The quantitative estimate of drug-likeness (QED) is 0.849. The molecule has 0 unspecified atom stereocenters. The predicted octanol–water partition coefficient (Wildman–Crippen LogP) is 1.21. The van der Waals surface area contributed by atoms with Crippen molar-refractivity contribution in [2.75, 3.05) is 19.8 Å². The van der Waals surface area contributed by atoms with E-state index in [1.165, 1.54) is 13.5 Å². The minimum Gasteiger partial charge on any atom is -0.352 e. The molecular weight excluding hydrogens is 276 g/mol. The lowest BCUT2D eigenvalue weighted by Crippen LogP contribution is -2.49. The van der Waals surface area contributed by atoms with Crippen molar-refractivity contribution in [2.45, 2.75) is 46.1 Å². The van der Waals surface area contributed by atoms with E-state index in [9.17, 15) is 13.2 Å². The van der Waals surface area contributed by atoms with Gasteiger partial charge in [0.25, 0.3) is 0 Å². The molecule has 2 aliphatic rings. The van der Waals surface area contributed by atoms with Crippen LogP contribution in [-0.2, 0) is 14.8 Å². The molecule has 116 valence electrons. The predicted molar refractivity (Wildman–Crippen MR) is 78.6 cm³/mol. The van der Waals surface area contributed by atoms with Gasteiger partial charge in [0.1, 0.15) is 0 Å². The third-order valence-corrected chi connectivity index (χ3v) is 7.32. The Balaban J connectivity index is 2.01. The Hall–Kier alpha value is -0.620. The first kappa shape index (κ1) is 15.8. The normalized spacial score (nSPS) is 35.5. The highest BCUT2D eigenvalue weighted by Gasteiger charge is 2.61. The average Bonchev–Trinajstić information content (AvgIpc) is 2.60. The van der Waals surface area contributed by atoms with Crippen LogP contribution < -0.4 is 5.32 Å². The summed E-state index contributed by atoms with van der Waals surface area (Å²) in [6.07, 6.45) is 4.50. The summed E-state index contributed by atoms with van der Waals surface area (Å²) in [6, 6.07) is 0.164. The summed E-state index contributed by atoms with van der Waals surface area (Å²) in [5.74, 6) is 0.456. The Morgan fingerprint density at radius 2 is 1.95 bits per heavy atom. The van der Waals surface area contributed by atoms with E-state index in [-0.39, 0.29) is 29.3 Å². The molecular formula is C14H26N2O3S. The zero-order valence-corrected chi connectivity index (χ0v) is 13.9. The van der Waals surface area contributed by atoms with Crippen LogP contribution in [0.3, 0.4) is 0 Å². The molecule has 2 aliphatic carbocycles. The van der Waals surface area contributed by atoms with E-state index in [2.05, 4.69) is 26.1 Å². The molecule has 0 aromatic heterocycles. The number of nitrogens with one attached hydrogen (secondary N) is 1. The van der Waals surface area contributed by atoms with Crippen LogP contribution >= 0.6 is 0 Å². The lowest BCUT2D eigenvalue weighted by atomic mass is 9.69.